The number of carboxylic acid groups (broad SMARTS) is 1. The highest BCUT2D eigenvalue weighted by Gasteiger charge is 2.12. The first-order chi connectivity index (χ1) is 4.22. The Labute approximate surface area is 67.0 Å². The van der Waals surface area contributed by atoms with Crippen LogP contribution in [0.4, 0.5) is 0 Å². The average molecular weight is 168 g/mol. The molecule has 0 aromatic rings. The first-order valence-corrected chi connectivity index (χ1v) is 3.15. The van der Waals surface area contributed by atoms with Crippen LogP contribution in [0, 0.1) is 5.92 Å². The molecule has 3 nitrogen and oxygen atoms in total. The predicted octanol–water partition coefficient (Wildman–Crippen LogP) is 0.868. The maximum atomic E-state index is 10.3. The summed E-state index contributed by atoms with van der Waals surface area (Å²) >= 11 is 0. The fraction of sp³-hybridized carbons (Fsp3) is 0.833. The Kier molecular flexibility index (Phi) is 8.48. The van der Waals surface area contributed by atoms with E-state index in [-0.39, 0.29) is 18.3 Å². The standard InChI is InChI=1S/C6H13NO2.ClH/c1-2-5(3-4-7)6(8)9;/h5H,2-4,7H2,1H3,(H,8,9);1H/t5-;/m0./s1. The topological polar surface area (TPSA) is 63.3 Å². The summed E-state index contributed by atoms with van der Waals surface area (Å²) < 4.78 is 0. The maximum absolute atomic E-state index is 10.3. The van der Waals surface area contributed by atoms with Crippen LogP contribution in [0.1, 0.15) is 19.8 Å². The third kappa shape index (κ3) is 4.58. The van der Waals surface area contributed by atoms with Crippen molar-refractivity contribution in [1.29, 1.82) is 0 Å². The summed E-state index contributed by atoms with van der Waals surface area (Å²) in [6.45, 7) is 2.32. The van der Waals surface area contributed by atoms with Gasteiger partial charge >= 0.3 is 5.97 Å². The van der Waals surface area contributed by atoms with Gasteiger partial charge in [-0.2, -0.15) is 0 Å². The molecule has 0 bridgehead atoms. The molecule has 0 aliphatic rings. The fourth-order valence-electron chi connectivity index (χ4n) is 0.703. The van der Waals surface area contributed by atoms with Crippen molar-refractivity contribution in [2.45, 2.75) is 19.8 Å². The van der Waals surface area contributed by atoms with Crippen molar-refractivity contribution >= 4 is 18.4 Å². The van der Waals surface area contributed by atoms with E-state index in [9.17, 15) is 4.79 Å². The molecular weight excluding hydrogens is 154 g/mol. The van der Waals surface area contributed by atoms with Gasteiger partial charge in [0.2, 0.25) is 0 Å². The van der Waals surface area contributed by atoms with Gasteiger partial charge in [-0.15, -0.1) is 12.4 Å². The largest absolute Gasteiger partial charge is 0.481 e. The second-order valence-corrected chi connectivity index (χ2v) is 2.02. The second kappa shape index (κ2) is 6.83. The smallest absolute Gasteiger partial charge is 0.306 e. The van der Waals surface area contributed by atoms with Crippen LogP contribution in [0.15, 0.2) is 0 Å². The maximum Gasteiger partial charge on any atom is 0.306 e. The lowest BCUT2D eigenvalue weighted by Gasteiger charge is -2.05. The Bertz CT molecular complexity index is 97.7. The third-order valence-corrected chi connectivity index (χ3v) is 1.36. The third-order valence-electron chi connectivity index (χ3n) is 1.36. The van der Waals surface area contributed by atoms with Gasteiger partial charge in [-0.05, 0) is 19.4 Å². The molecule has 0 aliphatic carbocycles. The molecule has 0 aliphatic heterocycles. The van der Waals surface area contributed by atoms with Crippen molar-refractivity contribution in [2.75, 3.05) is 6.54 Å². The molecule has 10 heavy (non-hydrogen) atoms. The summed E-state index contributed by atoms with van der Waals surface area (Å²) in [4.78, 5) is 10.3. The zero-order valence-corrected chi connectivity index (χ0v) is 6.86. The van der Waals surface area contributed by atoms with E-state index in [1.54, 1.807) is 0 Å². The van der Waals surface area contributed by atoms with Crippen molar-refractivity contribution in [3.05, 3.63) is 0 Å². The van der Waals surface area contributed by atoms with Gasteiger partial charge in [0.15, 0.2) is 0 Å². The molecule has 0 aromatic heterocycles. The van der Waals surface area contributed by atoms with Gasteiger partial charge in [-0.1, -0.05) is 6.92 Å². The zero-order chi connectivity index (χ0) is 7.28. The Morgan fingerprint density at radius 3 is 2.30 bits per heavy atom. The summed E-state index contributed by atoms with van der Waals surface area (Å²) in [5.74, 6) is -0.974. The lowest BCUT2D eigenvalue weighted by atomic mass is 10.0. The van der Waals surface area contributed by atoms with E-state index in [1.165, 1.54) is 0 Å². The van der Waals surface area contributed by atoms with Gasteiger partial charge < -0.3 is 10.8 Å². The predicted molar refractivity (Wildman–Crippen MR) is 42.3 cm³/mol. The normalized spacial score (nSPS) is 11.8. The molecule has 3 N–H and O–H groups in total. The van der Waals surface area contributed by atoms with Crippen molar-refractivity contribution in [3.8, 4) is 0 Å². The molecule has 0 unspecified atom stereocenters. The number of aliphatic carboxylic acids is 1. The first-order valence-electron chi connectivity index (χ1n) is 3.15. The molecule has 0 radical (unpaired) electrons. The lowest BCUT2D eigenvalue weighted by Crippen LogP contribution is -2.16. The van der Waals surface area contributed by atoms with Gasteiger partial charge in [0.1, 0.15) is 0 Å². The number of carbonyl (C=O) groups is 1. The van der Waals surface area contributed by atoms with E-state index in [1.807, 2.05) is 6.92 Å². The molecule has 0 rings (SSSR count). The monoisotopic (exact) mass is 167 g/mol. The van der Waals surface area contributed by atoms with E-state index >= 15 is 0 Å². The highest BCUT2D eigenvalue weighted by Crippen LogP contribution is 2.05. The summed E-state index contributed by atoms with van der Waals surface area (Å²) in [6, 6.07) is 0. The molecule has 0 saturated carbocycles. The quantitative estimate of drug-likeness (QED) is 0.653. The number of halogens is 1. The first kappa shape index (κ1) is 12.4. The Morgan fingerprint density at radius 1 is 1.70 bits per heavy atom. The van der Waals surface area contributed by atoms with E-state index in [0.29, 0.717) is 19.4 Å². The van der Waals surface area contributed by atoms with Crippen LogP contribution < -0.4 is 5.73 Å². The Hall–Kier alpha value is -0.280. The van der Waals surface area contributed by atoms with Crippen LogP contribution in [-0.4, -0.2) is 17.6 Å². The van der Waals surface area contributed by atoms with Crippen molar-refractivity contribution < 1.29 is 9.90 Å². The molecule has 0 spiro atoms. The highest BCUT2D eigenvalue weighted by atomic mass is 35.5. The van der Waals surface area contributed by atoms with Crippen LogP contribution in [0.25, 0.3) is 0 Å². The number of hydrogen-bond acceptors (Lipinski definition) is 2. The summed E-state index contributed by atoms with van der Waals surface area (Å²) in [6.07, 6.45) is 1.26. The molecule has 62 valence electrons. The van der Waals surface area contributed by atoms with Crippen molar-refractivity contribution in [3.63, 3.8) is 0 Å². The minimum atomic E-state index is -0.733. The van der Waals surface area contributed by atoms with Gasteiger partial charge in [0.25, 0.3) is 0 Å². The number of rotatable bonds is 4. The number of hydrogen-bond donors (Lipinski definition) is 2. The molecule has 0 aromatic carbocycles. The van der Waals surface area contributed by atoms with Crippen molar-refractivity contribution in [1.82, 2.24) is 0 Å². The number of carboxylic acids is 1. The lowest BCUT2D eigenvalue weighted by molar-refractivity contribution is -0.141. The van der Waals surface area contributed by atoms with Crippen LogP contribution in [0.5, 0.6) is 0 Å². The molecule has 0 saturated heterocycles. The molecular formula is C6H14ClNO2. The second-order valence-electron chi connectivity index (χ2n) is 2.02. The minimum Gasteiger partial charge on any atom is -0.481 e. The summed E-state index contributed by atoms with van der Waals surface area (Å²) in [5.41, 5.74) is 5.18. The Balaban J connectivity index is 0. The van der Waals surface area contributed by atoms with Crippen molar-refractivity contribution in [2.24, 2.45) is 11.7 Å². The van der Waals surface area contributed by atoms with Crippen LogP contribution in [0.3, 0.4) is 0 Å². The molecule has 4 heteroatoms. The molecule has 0 fully saturated rings. The van der Waals surface area contributed by atoms with Crippen LogP contribution >= 0.6 is 12.4 Å². The Morgan fingerprint density at radius 2 is 2.20 bits per heavy atom. The average Bonchev–Trinajstić information content (AvgIpc) is 1.82. The molecule has 0 amide bonds. The highest BCUT2D eigenvalue weighted by molar-refractivity contribution is 5.85. The summed E-state index contributed by atoms with van der Waals surface area (Å²) in [5, 5.41) is 8.45. The fourth-order valence-corrected chi connectivity index (χ4v) is 0.703. The van der Waals surface area contributed by atoms with Gasteiger partial charge in [-0.3, -0.25) is 4.79 Å². The van der Waals surface area contributed by atoms with E-state index in [4.69, 9.17) is 10.8 Å². The van der Waals surface area contributed by atoms with E-state index in [0.717, 1.165) is 0 Å². The van der Waals surface area contributed by atoms with Gasteiger partial charge in [0, 0.05) is 0 Å². The SMILES string of the molecule is CC[C@@H](CCN)C(=O)O.Cl. The van der Waals surface area contributed by atoms with Gasteiger partial charge in [0.05, 0.1) is 5.92 Å². The van der Waals surface area contributed by atoms with Crippen LogP contribution in [-0.2, 0) is 4.79 Å². The van der Waals surface area contributed by atoms with E-state index < -0.39 is 5.97 Å². The number of nitrogens with two attached hydrogens (primary N) is 1. The van der Waals surface area contributed by atoms with E-state index in [2.05, 4.69) is 0 Å². The summed E-state index contributed by atoms with van der Waals surface area (Å²) in [7, 11) is 0. The van der Waals surface area contributed by atoms with Gasteiger partial charge in [-0.25, -0.2) is 0 Å². The molecule has 1 atom stereocenters. The zero-order valence-electron chi connectivity index (χ0n) is 6.04. The molecule has 0 heterocycles. The minimum absolute atomic E-state index is 0. The van der Waals surface area contributed by atoms with Crippen LogP contribution in [0.2, 0.25) is 0 Å².